The molecule has 3 nitrogen and oxygen atoms in total. The van der Waals surface area contributed by atoms with Gasteiger partial charge in [-0.3, -0.25) is 0 Å². The molecule has 2 N–H and O–H groups in total. The minimum absolute atomic E-state index is 0.0840. The number of hydrogen-bond donors (Lipinski definition) is 2. The first-order valence-electron chi connectivity index (χ1n) is 5.82. The number of halogens is 1. The first kappa shape index (κ1) is 14.3. The second-order valence-electron chi connectivity index (χ2n) is 4.06. The van der Waals surface area contributed by atoms with E-state index < -0.39 is 0 Å². The van der Waals surface area contributed by atoms with E-state index in [-0.39, 0.29) is 18.7 Å². The van der Waals surface area contributed by atoms with Crippen molar-refractivity contribution in [3.63, 3.8) is 0 Å². The van der Waals surface area contributed by atoms with Crippen LogP contribution in [0.25, 0.3) is 0 Å². The number of rotatable bonds is 6. The Kier molecular flexibility index (Phi) is 5.75. The van der Waals surface area contributed by atoms with Gasteiger partial charge in [-0.2, -0.15) is 0 Å². The Morgan fingerprint density at radius 3 is 2.71 bits per heavy atom. The Labute approximate surface area is 108 Å². The lowest BCUT2D eigenvalue weighted by Gasteiger charge is -2.22. The molecule has 4 heteroatoms. The lowest BCUT2D eigenvalue weighted by molar-refractivity contribution is 0.229. The van der Waals surface area contributed by atoms with E-state index >= 15 is 0 Å². The van der Waals surface area contributed by atoms with Crippen molar-refractivity contribution in [2.24, 2.45) is 0 Å². The highest BCUT2D eigenvalue weighted by Crippen LogP contribution is 2.28. The maximum Gasteiger partial charge on any atom is 0.123 e. The zero-order valence-corrected chi connectivity index (χ0v) is 11.3. The minimum Gasteiger partial charge on any atom is -0.496 e. The summed E-state index contributed by atoms with van der Waals surface area (Å²) < 4.78 is 5.31. The van der Waals surface area contributed by atoms with Crippen LogP contribution in [0.2, 0.25) is 5.02 Å². The number of hydrogen-bond acceptors (Lipinski definition) is 3. The number of ether oxygens (including phenoxy) is 1. The summed E-state index contributed by atoms with van der Waals surface area (Å²) in [4.78, 5) is 0. The molecule has 1 rings (SSSR count). The summed E-state index contributed by atoms with van der Waals surface area (Å²) in [5.41, 5.74) is 1.01. The number of aliphatic hydroxyl groups excluding tert-OH is 1. The Morgan fingerprint density at radius 1 is 1.47 bits per heavy atom. The molecule has 0 saturated heterocycles. The van der Waals surface area contributed by atoms with Crippen molar-refractivity contribution in [3.05, 3.63) is 28.8 Å². The van der Waals surface area contributed by atoms with Gasteiger partial charge in [0.05, 0.1) is 13.7 Å². The van der Waals surface area contributed by atoms with Gasteiger partial charge in [-0.1, -0.05) is 18.5 Å². The fraction of sp³-hybridized carbons (Fsp3) is 0.538. The van der Waals surface area contributed by atoms with E-state index in [0.717, 1.165) is 17.7 Å². The molecular formula is C13H20ClNO2. The van der Waals surface area contributed by atoms with Gasteiger partial charge < -0.3 is 15.2 Å². The topological polar surface area (TPSA) is 41.5 Å². The molecule has 0 aliphatic heterocycles. The third-order valence-electron chi connectivity index (χ3n) is 2.86. The SMILES string of the molecule is CCC(CO)NC(C)c1cc(Cl)ccc1OC. The van der Waals surface area contributed by atoms with Crippen molar-refractivity contribution < 1.29 is 9.84 Å². The molecule has 0 amide bonds. The largest absolute Gasteiger partial charge is 0.496 e. The van der Waals surface area contributed by atoms with Crippen LogP contribution in [0, 0.1) is 0 Å². The molecular weight excluding hydrogens is 238 g/mol. The summed E-state index contributed by atoms with van der Waals surface area (Å²) in [6, 6.07) is 5.73. The molecule has 1 aromatic carbocycles. The lowest BCUT2D eigenvalue weighted by Crippen LogP contribution is -2.34. The summed E-state index contributed by atoms with van der Waals surface area (Å²) in [6.45, 7) is 4.20. The van der Waals surface area contributed by atoms with E-state index in [1.54, 1.807) is 13.2 Å². The van der Waals surface area contributed by atoms with Gasteiger partial charge in [-0.25, -0.2) is 0 Å². The maximum atomic E-state index is 9.18. The molecule has 0 fully saturated rings. The summed E-state index contributed by atoms with van der Waals surface area (Å²) in [6.07, 6.45) is 0.879. The fourth-order valence-corrected chi connectivity index (χ4v) is 1.97. The van der Waals surface area contributed by atoms with Crippen LogP contribution in [-0.2, 0) is 0 Å². The quantitative estimate of drug-likeness (QED) is 0.824. The molecule has 2 atom stereocenters. The van der Waals surface area contributed by atoms with Crippen LogP contribution in [0.1, 0.15) is 31.9 Å². The van der Waals surface area contributed by atoms with Crippen LogP contribution in [0.3, 0.4) is 0 Å². The molecule has 0 bridgehead atoms. The van der Waals surface area contributed by atoms with Crippen LogP contribution in [0.5, 0.6) is 5.75 Å². The number of aliphatic hydroxyl groups is 1. The average molecular weight is 258 g/mol. The van der Waals surface area contributed by atoms with Gasteiger partial charge >= 0.3 is 0 Å². The van der Waals surface area contributed by atoms with E-state index in [1.165, 1.54) is 0 Å². The summed E-state index contributed by atoms with van der Waals surface area (Å²) >= 11 is 5.99. The monoisotopic (exact) mass is 257 g/mol. The third-order valence-corrected chi connectivity index (χ3v) is 3.09. The normalized spacial score (nSPS) is 14.4. The van der Waals surface area contributed by atoms with Gasteiger partial charge in [0.15, 0.2) is 0 Å². The summed E-state index contributed by atoms with van der Waals surface area (Å²) in [5.74, 6) is 0.808. The van der Waals surface area contributed by atoms with E-state index in [1.807, 2.05) is 26.0 Å². The van der Waals surface area contributed by atoms with Gasteiger partial charge in [0.25, 0.3) is 0 Å². The van der Waals surface area contributed by atoms with Gasteiger partial charge in [0.2, 0.25) is 0 Å². The van der Waals surface area contributed by atoms with Crippen molar-refractivity contribution in [1.82, 2.24) is 5.32 Å². The molecule has 0 spiro atoms. The number of methoxy groups -OCH3 is 1. The van der Waals surface area contributed by atoms with Crippen LogP contribution >= 0.6 is 11.6 Å². The van der Waals surface area contributed by atoms with Crippen molar-refractivity contribution in [3.8, 4) is 5.75 Å². The van der Waals surface area contributed by atoms with E-state index in [9.17, 15) is 5.11 Å². The Bertz CT molecular complexity index is 353. The Morgan fingerprint density at radius 2 is 2.18 bits per heavy atom. The standard InChI is InChI=1S/C13H20ClNO2/c1-4-11(8-16)15-9(2)12-7-10(14)5-6-13(12)17-3/h5-7,9,11,15-16H,4,8H2,1-3H3. The molecule has 0 aromatic heterocycles. The molecule has 96 valence electrons. The van der Waals surface area contributed by atoms with Crippen molar-refractivity contribution in [1.29, 1.82) is 0 Å². The highest BCUT2D eigenvalue weighted by atomic mass is 35.5. The van der Waals surface area contributed by atoms with E-state index in [4.69, 9.17) is 16.3 Å². The van der Waals surface area contributed by atoms with Crippen LogP contribution in [0.4, 0.5) is 0 Å². The predicted molar refractivity (Wildman–Crippen MR) is 70.7 cm³/mol. The van der Waals surface area contributed by atoms with Crippen LogP contribution in [0.15, 0.2) is 18.2 Å². The van der Waals surface area contributed by atoms with Crippen molar-refractivity contribution in [2.45, 2.75) is 32.4 Å². The zero-order valence-electron chi connectivity index (χ0n) is 10.5. The van der Waals surface area contributed by atoms with Gasteiger partial charge in [-0.05, 0) is 31.5 Å². The van der Waals surface area contributed by atoms with Gasteiger partial charge in [0, 0.05) is 22.7 Å². The molecule has 0 aliphatic rings. The Balaban J connectivity index is 2.86. The zero-order chi connectivity index (χ0) is 12.8. The minimum atomic E-state index is 0.0840. The summed E-state index contributed by atoms with van der Waals surface area (Å²) in [5, 5.41) is 13.2. The van der Waals surface area contributed by atoms with E-state index in [0.29, 0.717) is 5.02 Å². The van der Waals surface area contributed by atoms with E-state index in [2.05, 4.69) is 5.32 Å². The highest BCUT2D eigenvalue weighted by molar-refractivity contribution is 6.30. The van der Waals surface area contributed by atoms with Gasteiger partial charge in [-0.15, -0.1) is 0 Å². The molecule has 17 heavy (non-hydrogen) atoms. The predicted octanol–water partition coefficient (Wildman–Crippen LogP) is 2.77. The highest BCUT2D eigenvalue weighted by Gasteiger charge is 2.15. The molecule has 2 unspecified atom stereocenters. The summed E-state index contributed by atoms with van der Waals surface area (Å²) in [7, 11) is 1.64. The fourth-order valence-electron chi connectivity index (χ4n) is 1.79. The molecule has 0 heterocycles. The van der Waals surface area contributed by atoms with Crippen LogP contribution in [-0.4, -0.2) is 24.9 Å². The van der Waals surface area contributed by atoms with Crippen molar-refractivity contribution >= 4 is 11.6 Å². The van der Waals surface area contributed by atoms with Gasteiger partial charge in [0.1, 0.15) is 5.75 Å². The molecule has 0 saturated carbocycles. The van der Waals surface area contributed by atoms with Crippen molar-refractivity contribution in [2.75, 3.05) is 13.7 Å². The second-order valence-corrected chi connectivity index (χ2v) is 4.50. The Hall–Kier alpha value is -0.770. The first-order valence-corrected chi connectivity index (χ1v) is 6.20. The molecule has 1 aromatic rings. The smallest absolute Gasteiger partial charge is 0.123 e. The second kappa shape index (κ2) is 6.84. The lowest BCUT2D eigenvalue weighted by atomic mass is 10.1. The molecule has 0 radical (unpaired) electrons. The maximum absolute atomic E-state index is 9.18. The molecule has 0 aliphatic carbocycles. The van der Waals surface area contributed by atoms with Crippen LogP contribution < -0.4 is 10.1 Å². The number of nitrogens with one attached hydrogen (secondary N) is 1. The average Bonchev–Trinajstić information content (AvgIpc) is 2.35. The third kappa shape index (κ3) is 3.87. The first-order chi connectivity index (χ1) is 8.12. The number of benzene rings is 1.